The largest absolute Gasteiger partial charge is 0.482 e. The lowest BCUT2D eigenvalue weighted by Crippen LogP contribution is -2.46. The van der Waals surface area contributed by atoms with Gasteiger partial charge < -0.3 is 19.7 Å². The predicted molar refractivity (Wildman–Crippen MR) is 137 cm³/mol. The maximum Gasteiger partial charge on any atom is 0.294 e. The average Bonchev–Trinajstić information content (AvgIpc) is 3.12. The van der Waals surface area contributed by atoms with Crippen molar-refractivity contribution in [1.82, 2.24) is 9.80 Å². The number of imide groups is 1. The van der Waals surface area contributed by atoms with Crippen LogP contribution in [0.25, 0.3) is 6.08 Å². The quantitative estimate of drug-likeness (QED) is 0.522. The van der Waals surface area contributed by atoms with E-state index in [1.54, 1.807) is 47.4 Å². The Bertz CT molecular complexity index is 1230. The summed E-state index contributed by atoms with van der Waals surface area (Å²) in [5, 5.41) is 2.76. The van der Waals surface area contributed by atoms with Crippen LogP contribution in [0.3, 0.4) is 0 Å². The number of amides is 4. The van der Waals surface area contributed by atoms with Gasteiger partial charge in [0.2, 0.25) is 5.91 Å². The molecule has 4 rings (SSSR count). The van der Waals surface area contributed by atoms with Crippen molar-refractivity contribution in [3.05, 3.63) is 63.0 Å². The Morgan fingerprint density at radius 2 is 1.83 bits per heavy atom. The zero-order valence-corrected chi connectivity index (χ0v) is 21.2. The molecule has 2 aliphatic heterocycles. The van der Waals surface area contributed by atoms with Crippen molar-refractivity contribution < 1.29 is 28.7 Å². The minimum atomic E-state index is -0.542. The van der Waals surface area contributed by atoms with E-state index >= 15 is 0 Å². The highest BCUT2D eigenvalue weighted by atomic mass is 35.5. The molecule has 2 fully saturated rings. The first kappa shape index (κ1) is 26.0. The van der Waals surface area contributed by atoms with E-state index in [1.807, 2.05) is 0 Å². The van der Waals surface area contributed by atoms with Crippen LogP contribution in [0, 0.1) is 0 Å². The smallest absolute Gasteiger partial charge is 0.294 e. The lowest BCUT2D eigenvalue weighted by Gasteiger charge is -2.28. The number of ether oxygens (including phenoxy) is 2. The normalized spacial score (nSPS) is 17.0. The summed E-state index contributed by atoms with van der Waals surface area (Å²) in [5.41, 5.74) is 1.02. The molecule has 0 spiro atoms. The second-order valence-electron chi connectivity index (χ2n) is 7.77. The lowest BCUT2D eigenvalue weighted by atomic mass is 10.2. The Kier molecular flexibility index (Phi) is 8.52. The molecule has 0 saturated carbocycles. The number of para-hydroxylation sites is 1. The summed E-state index contributed by atoms with van der Waals surface area (Å²) in [6.07, 6.45) is 1.52. The van der Waals surface area contributed by atoms with Gasteiger partial charge in [-0.15, -0.1) is 0 Å². The van der Waals surface area contributed by atoms with Crippen molar-refractivity contribution in [2.75, 3.05) is 44.8 Å². The third-order valence-electron chi connectivity index (χ3n) is 5.29. The molecular weight excluding hydrogens is 529 g/mol. The van der Waals surface area contributed by atoms with E-state index in [1.165, 1.54) is 6.08 Å². The van der Waals surface area contributed by atoms with Gasteiger partial charge in [-0.3, -0.25) is 24.1 Å². The molecule has 0 unspecified atom stereocenters. The van der Waals surface area contributed by atoms with Gasteiger partial charge in [-0.1, -0.05) is 41.4 Å². The van der Waals surface area contributed by atoms with Gasteiger partial charge in [0.25, 0.3) is 17.1 Å². The van der Waals surface area contributed by atoms with Crippen molar-refractivity contribution >= 4 is 69.7 Å². The van der Waals surface area contributed by atoms with E-state index in [0.717, 1.165) is 16.7 Å². The Hall–Kier alpha value is -3.05. The summed E-state index contributed by atoms with van der Waals surface area (Å²) in [7, 11) is 0. The van der Waals surface area contributed by atoms with Crippen molar-refractivity contribution in [2.24, 2.45) is 0 Å². The summed E-state index contributed by atoms with van der Waals surface area (Å²) in [4.78, 5) is 52.4. The molecular formula is C24H21Cl2N3O6S. The van der Waals surface area contributed by atoms with Crippen molar-refractivity contribution in [3.8, 4) is 5.75 Å². The molecule has 2 saturated heterocycles. The summed E-state index contributed by atoms with van der Waals surface area (Å²) in [5.74, 6) is -0.986. The van der Waals surface area contributed by atoms with Gasteiger partial charge >= 0.3 is 0 Å². The van der Waals surface area contributed by atoms with Crippen LogP contribution in [0.2, 0.25) is 10.0 Å². The number of anilines is 1. The van der Waals surface area contributed by atoms with Crippen LogP contribution < -0.4 is 10.1 Å². The zero-order valence-electron chi connectivity index (χ0n) is 18.9. The molecule has 2 aromatic rings. The molecule has 0 atom stereocenters. The fourth-order valence-electron chi connectivity index (χ4n) is 3.45. The SMILES string of the molecule is O=C(COc1ccc(/C=C2\SC(=O)N(CC(=O)N3CCOCC3)C2=O)cc1Cl)Nc1ccccc1Cl. The first-order valence-electron chi connectivity index (χ1n) is 10.9. The number of halogens is 2. The fraction of sp³-hybridized carbons (Fsp3) is 0.250. The molecule has 1 N–H and O–H groups in total. The third-order valence-corrected chi connectivity index (χ3v) is 6.82. The van der Waals surface area contributed by atoms with Crippen LogP contribution in [0.5, 0.6) is 5.75 Å². The maximum absolute atomic E-state index is 12.8. The van der Waals surface area contributed by atoms with Crippen LogP contribution in [-0.2, 0) is 19.1 Å². The number of rotatable bonds is 7. The molecule has 36 heavy (non-hydrogen) atoms. The minimum absolute atomic E-state index is 0.179. The Balaban J connectivity index is 1.35. The molecule has 9 nitrogen and oxygen atoms in total. The van der Waals surface area contributed by atoms with Crippen LogP contribution in [0.4, 0.5) is 10.5 Å². The van der Waals surface area contributed by atoms with E-state index in [2.05, 4.69) is 5.32 Å². The molecule has 0 aromatic heterocycles. The number of hydrogen-bond acceptors (Lipinski definition) is 7. The molecule has 188 valence electrons. The standard InChI is InChI=1S/C24H21Cl2N3O6S/c25-16-3-1-2-4-18(16)27-21(30)14-35-19-6-5-15(11-17(19)26)12-20-23(32)29(24(33)36-20)13-22(31)28-7-9-34-10-8-28/h1-6,11-12H,7-10,13-14H2,(H,27,30)/b20-12-. The third kappa shape index (κ3) is 6.38. The van der Waals surface area contributed by atoms with Gasteiger partial charge in [0, 0.05) is 13.1 Å². The van der Waals surface area contributed by atoms with Gasteiger partial charge in [-0.2, -0.15) is 0 Å². The highest BCUT2D eigenvalue weighted by Crippen LogP contribution is 2.34. The van der Waals surface area contributed by atoms with E-state index in [9.17, 15) is 19.2 Å². The van der Waals surface area contributed by atoms with Gasteiger partial charge in [-0.05, 0) is 47.7 Å². The molecule has 0 radical (unpaired) electrons. The Morgan fingerprint density at radius 1 is 1.08 bits per heavy atom. The summed E-state index contributed by atoms with van der Waals surface area (Å²) < 4.78 is 10.7. The topological polar surface area (TPSA) is 105 Å². The zero-order chi connectivity index (χ0) is 25.7. The number of nitrogens with one attached hydrogen (secondary N) is 1. The number of nitrogens with zero attached hydrogens (tertiary/aromatic N) is 2. The van der Waals surface area contributed by atoms with Crippen LogP contribution >= 0.6 is 35.0 Å². The summed E-state index contributed by atoms with van der Waals surface area (Å²) in [6.45, 7) is 1.12. The van der Waals surface area contributed by atoms with E-state index in [-0.39, 0.29) is 34.7 Å². The summed E-state index contributed by atoms with van der Waals surface area (Å²) in [6, 6.07) is 11.6. The number of thioether (sulfide) groups is 1. The summed E-state index contributed by atoms with van der Waals surface area (Å²) >= 11 is 13.1. The van der Waals surface area contributed by atoms with Crippen molar-refractivity contribution in [1.29, 1.82) is 0 Å². The molecule has 2 aliphatic rings. The average molecular weight is 550 g/mol. The maximum atomic E-state index is 12.8. The molecule has 0 bridgehead atoms. The van der Waals surface area contributed by atoms with Gasteiger partial charge in [0.1, 0.15) is 12.3 Å². The van der Waals surface area contributed by atoms with Crippen LogP contribution in [0.1, 0.15) is 5.56 Å². The highest BCUT2D eigenvalue weighted by molar-refractivity contribution is 8.18. The van der Waals surface area contributed by atoms with Gasteiger partial charge in [-0.25, -0.2) is 0 Å². The first-order valence-corrected chi connectivity index (χ1v) is 12.5. The number of hydrogen-bond donors (Lipinski definition) is 1. The van der Waals surface area contributed by atoms with E-state index < -0.39 is 17.1 Å². The van der Waals surface area contributed by atoms with Crippen molar-refractivity contribution in [2.45, 2.75) is 0 Å². The second-order valence-corrected chi connectivity index (χ2v) is 9.58. The highest BCUT2D eigenvalue weighted by Gasteiger charge is 2.37. The molecule has 4 amide bonds. The molecule has 12 heteroatoms. The van der Waals surface area contributed by atoms with Crippen molar-refractivity contribution in [3.63, 3.8) is 0 Å². The van der Waals surface area contributed by atoms with E-state index in [4.69, 9.17) is 32.7 Å². The number of morpholine rings is 1. The monoisotopic (exact) mass is 549 g/mol. The van der Waals surface area contributed by atoms with Crippen LogP contribution in [-0.4, -0.2) is 72.2 Å². The second kappa shape index (κ2) is 11.8. The minimum Gasteiger partial charge on any atom is -0.482 e. The predicted octanol–water partition coefficient (Wildman–Crippen LogP) is 3.91. The van der Waals surface area contributed by atoms with Crippen LogP contribution in [0.15, 0.2) is 47.4 Å². The Morgan fingerprint density at radius 3 is 2.56 bits per heavy atom. The molecule has 0 aliphatic carbocycles. The molecule has 2 aromatic carbocycles. The lowest BCUT2D eigenvalue weighted by molar-refractivity contribution is -0.139. The molecule has 2 heterocycles. The van der Waals surface area contributed by atoms with Gasteiger partial charge in [0.15, 0.2) is 6.61 Å². The Labute approximate surface area is 221 Å². The van der Waals surface area contributed by atoms with Gasteiger partial charge in [0.05, 0.1) is 33.9 Å². The first-order chi connectivity index (χ1) is 17.3. The van der Waals surface area contributed by atoms with E-state index in [0.29, 0.717) is 42.6 Å². The fourth-order valence-corrected chi connectivity index (χ4v) is 4.72. The number of carbonyl (C=O) groups is 4. The number of carbonyl (C=O) groups excluding carboxylic acids is 4. The number of benzene rings is 2.